The molecule has 10 nitrogen and oxygen atoms in total. The Balaban J connectivity index is 1.50. The highest BCUT2D eigenvalue weighted by Crippen LogP contribution is 2.32. The van der Waals surface area contributed by atoms with Crippen LogP contribution in [-0.2, 0) is 19.1 Å². The van der Waals surface area contributed by atoms with Gasteiger partial charge < -0.3 is 28.4 Å². The first kappa shape index (κ1) is 35.9. The summed E-state index contributed by atoms with van der Waals surface area (Å²) in [6, 6.07) is 11.3. The van der Waals surface area contributed by atoms with E-state index in [-0.39, 0.29) is 24.3 Å². The van der Waals surface area contributed by atoms with Gasteiger partial charge in [0.25, 0.3) is 0 Å². The summed E-state index contributed by atoms with van der Waals surface area (Å²) in [6.07, 6.45) is 4.40. The molecule has 0 heterocycles. The van der Waals surface area contributed by atoms with Crippen LogP contribution in [0.2, 0.25) is 0 Å². The number of esters is 4. The van der Waals surface area contributed by atoms with E-state index in [1.807, 2.05) is 0 Å². The van der Waals surface area contributed by atoms with Gasteiger partial charge in [0.05, 0.1) is 37.6 Å². The van der Waals surface area contributed by atoms with E-state index in [1.165, 1.54) is 48.5 Å². The summed E-state index contributed by atoms with van der Waals surface area (Å²) in [4.78, 5) is 47.0. The lowest BCUT2D eigenvalue weighted by atomic mass is 10.2. The van der Waals surface area contributed by atoms with Gasteiger partial charge in [-0.15, -0.1) is 0 Å². The van der Waals surface area contributed by atoms with Crippen LogP contribution in [0.3, 0.4) is 0 Å². The van der Waals surface area contributed by atoms with E-state index in [9.17, 15) is 32.3 Å². The van der Waals surface area contributed by atoms with Crippen LogP contribution in [0.5, 0.6) is 23.0 Å². The zero-order valence-corrected chi connectivity index (χ0v) is 25.1. The largest absolute Gasteiger partial charge is 0.494 e. The normalized spacial score (nSPS) is 10.4. The van der Waals surface area contributed by atoms with Crippen molar-refractivity contribution in [2.75, 3.05) is 26.4 Å². The lowest BCUT2D eigenvalue weighted by Gasteiger charge is -2.12. The highest BCUT2D eigenvalue weighted by atomic mass is 19.2. The van der Waals surface area contributed by atoms with E-state index in [1.54, 1.807) is 0 Å². The molecule has 0 atom stereocenters. The summed E-state index contributed by atoms with van der Waals surface area (Å²) in [5, 5.41) is 0. The lowest BCUT2D eigenvalue weighted by Crippen LogP contribution is -2.14. The van der Waals surface area contributed by atoms with Crippen molar-refractivity contribution >= 4 is 23.9 Å². The molecule has 0 N–H and O–H groups in total. The number of carbonyl (C=O) groups excluding carboxylic acids is 4. The number of hydrogen-bond donors (Lipinski definition) is 0. The smallest absolute Gasteiger partial charge is 0.343 e. The lowest BCUT2D eigenvalue weighted by molar-refractivity contribution is -0.138. The first-order valence-corrected chi connectivity index (χ1v) is 14.3. The Bertz CT molecular complexity index is 1570. The quantitative estimate of drug-likeness (QED) is 0.0505. The van der Waals surface area contributed by atoms with Gasteiger partial charge in [0, 0.05) is 18.2 Å². The van der Waals surface area contributed by atoms with Crippen molar-refractivity contribution in [2.24, 2.45) is 0 Å². The Morgan fingerprint density at radius 1 is 0.596 bits per heavy atom. The minimum absolute atomic E-state index is 0.0640. The van der Waals surface area contributed by atoms with Crippen molar-refractivity contribution in [3.05, 3.63) is 108 Å². The molecule has 47 heavy (non-hydrogen) atoms. The number of benzene rings is 3. The first-order chi connectivity index (χ1) is 22.6. The molecule has 0 saturated carbocycles. The summed E-state index contributed by atoms with van der Waals surface area (Å²) < 4.78 is 74.5. The molecule has 13 heteroatoms. The minimum Gasteiger partial charge on any atom is -0.494 e. The van der Waals surface area contributed by atoms with Crippen LogP contribution in [0.15, 0.2) is 79.9 Å². The Kier molecular flexibility index (Phi) is 14.0. The molecule has 0 aliphatic carbocycles. The van der Waals surface area contributed by atoms with Crippen molar-refractivity contribution in [3.8, 4) is 23.0 Å². The molecule has 0 bridgehead atoms. The molecule has 3 rings (SSSR count). The van der Waals surface area contributed by atoms with Crippen molar-refractivity contribution in [1.29, 1.82) is 0 Å². The molecule has 0 unspecified atom stereocenters. The fourth-order valence-electron chi connectivity index (χ4n) is 3.66. The molecule has 3 aromatic rings. The van der Waals surface area contributed by atoms with Crippen molar-refractivity contribution in [1.82, 2.24) is 0 Å². The zero-order valence-electron chi connectivity index (χ0n) is 25.1. The molecule has 0 fully saturated rings. The van der Waals surface area contributed by atoms with Gasteiger partial charge in [-0.05, 0) is 74.2 Å². The van der Waals surface area contributed by atoms with Crippen LogP contribution < -0.4 is 18.9 Å². The number of carbonyl (C=O) groups is 4. The maximum absolute atomic E-state index is 14.7. The standard InChI is InChI=1S/C34H31F3O10/c1-3-28(38)44-19-7-5-17-42-24-13-9-22(10-14-24)33(40)46-27-21-26(35)32(31(37)30(27)36)47-34(41)23-11-15-25(16-12-23)43-18-6-8-20-45-29(39)4-2/h3-4,9-16,21H,1-2,5-8,17-20H2. The van der Waals surface area contributed by atoms with E-state index < -0.39 is 52.8 Å². The maximum atomic E-state index is 14.7. The highest BCUT2D eigenvalue weighted by Gasteiger charge is 2.25. The summed E-state index contributed by atoms with van der Waals surface area (Å²) in [7, 11) is 0. The van der Waals surface area contributed by atoms with E-state index in [0.29, 0.717) is 56.5 Å². The number of hydrogen-bond acceptors (Lipinski definition) is 10. The van der Waals surface area contributed by atoms with Crippen LogP contribution in [0.4, 0.5) is 13.2 Å². The van der Waals surface area contributed by atoms with Gasteiger partial charge in [0.2, 0.25) is 17.4 Å². The van der Waals surface area contributed by atoms with E-state index in [2.05, 4.69) is 13.2 Å². The molecule has 0 aromatic heterocycles. The topological polar surface area (TPSA) is 124 Å². The van der Waals surface area contributed by atoms with Crippen molar-refractivity contribution in [3.63, 3.8) is 0 Å². The first-order valence-electron chi connectivity index (χ1n) is 14.3. The summed E-state index contributed by atoms with van der Waals surface area (Å²) in [6.45, 7) is 7.61. The summed E-state index contributed by atoms with van der Waals surface area (Å²) in [5.74, 6) is -10.00. The minimum atomic E-state index is -1.87. The Morgan fingerprint density at radius 3 is 1.47 bits per heavy atom. The third-order valence-electron chi connectivity index (χ3n) is 6.10. The maximum Gasteiger partial charge on any atom is 0.343 e. The van der Waals surface area contributed by atoms with E-state index in [4.69, 9.17) is 28.4 Å². The molecule has 0 amide bonds. The number of rotatable bonds is 18. The Morgan fingerprint density at radius 2 is 1.02 bits per heavy atom. The molecule has 248 valence electrons. The molecule has 0 radical (unpaired) electrons. The Hall–Kier alpha value is -5.59. The molecular formula is C34H31F3O10. The van der Waals surface area contributed by atoms with Crippen LogP contribution in [0.25, 0.3) is 0 Å². The average Bonchev–Trinajstić information content (AvgIpc) is 3.08. The molecule has 0 saturated heterocycles. The third-order valence-corrected chi connectivity index (χ3v) is 6.10. The second kappa shape index (κ2) is 18.4. The predicted octanol–water partition coefficient (Wildman–Crippen LogP) is 6.32. The van der Waals surface area contributed by atoms with Gasteiger partial charge >= 0.3 is 23.9 Å². The van der Waals surface area contributed by atoms with Crippen LogP contribution >= 0.6 is 0 Å². The number of ether oxygens (including phenoxy) is 6. The van der Waals surface area contributed by atoms with Gasteiger partial charge in [0.1, 0.15) is 11.5 Å². The van der Waals surface area contributed by atoms with Gasteiger partial charge in [-0.3, -0.25) is 0 Å². The van der Waals surface area contributed by atoms with Crippen LogP contribution in [0, 0.1) is 17.5 Å². The number of unbranched alkanes of at least 4 members (excludes halogenated alkanes) is 2. The second-order valence-electron chi connectivity index (χ2n) is 9.50. The monoisotopic (exact) mass is 656 g/mol. The molecule has 0 spiro atoms. The number of halogens is 3. The SMILES string of the molecule is C=CC(=O)OCCCCOc1ccc(C(=O)Oc2cc(F)c(OC(=O)c3ccc(OCCCCOC(=O)C=C)cc3)c(F)c2F)cc1. The zero-order chi connectivity index (χ0) is 34.2. The molecule has 0 aliphatic rings. The molecule has 0 aliphatic heterocycles. The van der Waals surface area contributed by atoms with Gasteiger partial charge in [-0.25, -0.2) is 23.6 Å². The van der Waals surface area contributed by atoms with Crippen LogP contribution in [0.1, 0.15) is 46.4 Å². The van der Waals surface area contributed by atoms with Gasteiger partial charge in [0.15, 0.2) is 11.6 Å². The summed E-state index contributed by atoms with van der Waals surface area (Å²) >= 11 is 0. The summed E-state index contributed by atoms with van der Waals surface area (Å²) in [5.41, 5.74) is -0.171. The molecule has 3 aromatic carbocycles. The van der Waals surface area contributed by atoms with Crippen molar-refractivity contribution in [2.45, 2.75) is 25.7 Å². The van der Waals surface area contributed by atoms with Crippen molar-refractivity contribution < 1.29 is 60.8 Å². The van der Waals surface area contributed by atoms with Gasteiger partial charge in [-0.2, -0.15) is 8.78 Å². The second-order valence-corrected chi connectivity index (χ2v) is 9.50. The third kappa shape index (κ3) is 11.4. The highest BCUT2D eigenvalue weighted by molar-refractivity contribution is 5.92. The fraction of sp³-hybridized carbons (Fsp3) is 0.235. The van der Waals surface area contributed by atoms with E-state index in [0.717, 1.165) is 12.2 Å². The van der Waals surface area contributed by atoms with Crippen LogP contribution in [-0.4, -0.2) is 50.3 Å². The molecular weight excluding hydrogens is 625 g/mol. The fourth-order valence-corrected chi connectivity index (χ4v) is 3.66. The van der Waals surface area contributed by atoms with Gasteiger partial charge in [-0.1, -0.05) is 13.2 Å². The Labute approximate surface area is 268 Å². The predicted molar refractivity (Wildman–Crippen MR) is 161 cm³/mol. The van der Waals surface area contributed by atoms with E-state index >= 15 is 0 Å². The average molecular weight is 657 g/mol.